The van der Waals surface area contributed by atoms with E-state index in [4.69, 9.17) is 5.73 Å². The second kappa shape index (κ2) is 2.49. The van der Waals surface area contributed by atoms with Gasteiger partial charge in [-0.3, -0.25) is 0 Å². The molecule has 2 atom stereocenters. The summed E-state index contributed by atoms with van der Waals surface area (Å²) in [5.41, 5.74) is 5.79. The average molecular weight is 113 g/mol. The zero-order valence-electron chi connectivity index (χ0n) is 5.56. The van der Waals surface area contributed by atoms with E-state index >= 15 is 0 Å². The van der Waals surface area contributed by atoms with Gasteiger partial charge in [0.1, 0.15) is 0 Å². The van der Waals surface area contributed by atoms with E-state index in [1.165, 1.54) is 25.7 Å². The quantitative estimate of drug-likeness (QED) is 0.548. The molecule has 0 radical (unpaired) electrons. The van der Waals surface area contributed by atoms with Crippen LogP contribution in [0.2, 0.25) is 0 Å². The molecule has 1 nitrogen and oxygen atoms in total. The molecule has 0 aromatic heterocycles. The van der Waals surface area contributed by atoms with Crippen LogP contribution in [-0.4, -0.2) is 6.04 Å². The molecule has 0 bridgehead atoms. The molecule has 1 aliphatic rings. The van der Waals surface area contributed by atoms with Crippen molar-refractivity contribution in [3.05, 3.63) is 0 Å². The van der Waals surface area contributed by atoms with Gasteiger partial charge in [0, 0.05) is 6.04 Å². The number of hydrogen-bond acceptors (Lipinski definition) is 1. The van der Waals surface area contributed by atoms with Crippen molar-refractivity contribution in [1.82, 2.24) is 0 Å². The van der Waals surface area contributed by atoms with Gasteiger partial charge in [-0.15, -0.1) is 0 Å². The lowest BCUT2D eigenvalue weighted by Gasteiger charge is -2.10. The molecule has 1 heteroatoms. The molecule has 8 heavy (non-hydrogen) atoms. The Morgan fingerprint density at radius 3 is 2.50 bits per heavy atom. The standard InChI is InChI=1S/C7H15N/c1-2-6-4-3-5-7(6)8/h6-7H,2-5,8H2,1H3/t6?,7-/m0/s1. The Bertz CT molecular complexity index is 70.8. The first-order valence-corrected chi connectivity index (χ1v) is 3.60. The molecule has 0 saturated heterocycles. The normalized spacial score (nSPS) is 38.2. The van der Waals surface area contributed by atoms with Crippen LogP contribution in [0.25, 0.3) is 0 Å². The van der Waals surface area contributed by atoms with Gasteiger partial charge in [-0.25, -0.2) is 0 Å². The zero-order valence-corrected chi connectivity index (χ0v) is 5.56. The lowest BCUT2D eigenvalue weighted by atomic mass is 10.0. The second-order valence-electron chi connectivity index (χ2n) is 2.76. The molecule has 1 saturated carbocycles. The lowest BCUT2D eigenvalue weighted by molar-refractivity contribution is 0.467. The Labute approximate surface area is 51.3 Å². The van der Waals surface area contributed by atoms with Crippen LogP contribution < -0.4 is 5.73 Å². The monoisotopic (exact) mass is 113 g/mol. The maximum absolute atomic E-state index is 5.79. The van der Waals surface area contributed by atoms with E-state index in [0.717, 1.165) is 5.92 Å². The van der Waals surface area contributed by atoms with E-state index in [9.17, 15) is 0 Å². The first-order chi connectivity index (χ1) is 3.84. The molecule has 1 unspecified atom stereocenters. The fourth-order valence-electron chi connectivity index (χ4n) is 1.57. The summed E-state index contributed by atoms with van der Waals surface area (Å²) < 4.78 is 0. The van der Waals surface area contributed by atoms with Crippen LogP contribution in [0.15, 0.2) is 0 Å². The minimum absolute atomic E-state index is 0.528. The molecule has 1 rings (SSSR count). The Balaban J connectivity index is 2.30. The molecule has 0 aromatic carbocycles. The van der Waals surface area contributed by atoms with Gasteiger partial charge in [-0.1, -0.05) is 19.8 Å². The van der Waals surface area contributed by atoms with Crippen LogP contribution in [0.1, 0.15) is 32.6 Å². The highest BCUT2D eigenvalue weighted by atomic mass is 14.7. The van der Waals surface area contributed by atoms with Crippen LogP contribution >= 0.6 is 0 Å². The van der Waals surface area contributed by atoms with Crippen molar-refractivity contribution in [2.45, 2.75) is 38.6 Å². The Kier molecular flexibility index (Phi) is 1.90. The Morgan fingerprint density at radius 2 is 2.25 bits per heavy atom. The summed E-state index contributed by atoms with van der Waals surface area (Å²) in [5, 5.41) is 0. The second-order valence-corrected chi connectivity index (χ2v) is 2.76. The molecule has 0 amide bonds. The molecule has 0 aliphatic heterocycles. The number of rotatable bonds is 1. The van der Waals surface area contributed by atoms with Crippen molar-refractivity contribution in [2.75, 3.05) is 0 Å². The van der Waals surface area contributed by atoms with Gasteiger partial charge in [0.25, 0.3) is 0 Å². The number of hydrogen-bond donors (Lipinski definition) is 1. The molecule has 1 fully saturated rings. The first-order valence-electron chi connectivity index (χ1n) is 3.60. The van der Waals surface area contributed by atoms with Gasteiger partial charge in [-0.2, -0.15) is 0 Å². The minimum Gasteiger partial charge on any atom is -0.327 e. The van der Waals surface area contributed by atoms with E-state index in [1.54, 1.807) is 0 Å². The molecule has 0 heterocycles. The van der Waals surface area contributed by atoms with Crippen molar-refractivity contribution >= 4 is 0 Å². The van der Waals surface area contributed by atoms with Gasteiger partial charge < -0.3 is 5.73 Å². The highest BCUT2D eigenvalue weighted by Gasteiger charge is 2.21. The Morgan fingerprint density at radius 1 is 1.50 bits per heavy atom. The molecule has 2 N–H and O–H groups in total. The highest BCUT2D eigenvalue weighted by molar-refractivity contribution is 4.78. The summed E-state index contributed by atoms with van der Waals surface area (Å²) in [5.74, 6) is 0.843. The van der Waals surface area contributed by atoms with Crippen LogP contribution in [0.3, 0.4) is 0 Å². The SMILES string of the molecule is CCC1CCC[C@@H]1N. The third kappa shape index (κ3) is 1.03. The molecule has 0 aromatic rings. The molecular formula is C7H15N. The minimum atomic E-state index is 0.528. The predicted octanol–water partition coefficient (Wildman–Crippen LogP) is 1.52. The van der Waals surface area contributed by atoms with Gasteiger partial charge in [0.05, 0.1) is 0 Å². The van der Waals surface area contributed by atoms with E-state index < -0.39 is 0 Å². The van der Waals surface area contributed by atoms with Crippen LogP contribution in [0, 0.1) is 5.92 Å². The van der Waals surface area contributed by atoms with Gasteiger partial charge in [0.2, 0.25) is 0 Å². The third-order valence-corrected chi connectivity index (χ3v) is 2.24. The molecule has 1 aliphatic carbocycles. The molecule has 0 spiro atoms. The van der Waals surface area contributed by atoms with Crippen molar-refractivity contribution in [2.24, 2.45) is 11.7 Å². The summed E-state index contributed by atoms with van der Waals surface area (Å²) in [4.78, 5) is 0. The van der Waals surface area contributed by atoms with Crippen molar-refractivity contribution in [3.8, 4) is 0 Å². The maximum atomic E-state index is 5.79. The average Bonchev–Trinajstić information content (AvgIpc) is 2.14. The van der Waals surface area contributed by atoms with Gasteiger partial charge in [-0.05, 0) is 18.8 Å². The van der Waals surface area contributed by atoms with Gasteiger partial charge >= 0.3 is 0 Å². The summed E-state index contributed by atoms with van der Waals surface area (Å²) in [6.07, 6.45) is 5.27. The predicted molar refractivity (Wildman–Crippen MR) is 35.6 cm³/mol. The van der Waals surface area contributed by atoms with E-state index in [0.29, 0.717) is 6.04 Å². The fourth-order valence-corrected chi connectivity index (χ4v) is 1.57. The van der Waals surface area contributed by atoms with Gasteiger partial charge in [0.15, 0.2) is 0 Å². The largest absolute Gasteiger partial charge is 0.327 e. The lowest BCUT2D eigenvalue weighted by Crippen LogP contribution is -2.23. The topological polar surface area (TPSA) is 26.0 Å². The van der Waals surface area contributed by atoms with Crippen molar-refractivity contribution in [1.29, 1.82) is 0 Å². The smallest absolute Gasteiger partial charge is 0.00670 e. The van der Waals surface area contributed by atoms with E-state index in [1.807, 2.05) is 0 Å². The van der Waals surface area contributed by atoms with E-state index in [-0.39, 0.29) is 0 Å². The van der Waals surface area contributed by atoms with Crippen molar-refractivity contribution < 1.29 is 0 Å². The zero-order chi connectivity index (χ0) is 5.98. The van der Waals surface area contributed by atoms with Crippen LogP contribution in [0.4, 0.5) is 0 Å². The highest BCUT2D eigenvalue weighted by Crippen LogP contribution is 2.25. The van der Waals surface area contributed by atoms with Crippen molar-refractivity contribution in [3.63, 3.8) is 0 Å². The molecular weight excluding hydrogens is 98.1 g/mol. The third-order valence-electron chi connectivity index (χ3n) is 2.24. The van der Waals surface area contributed by atoms with Crippen LogP contribution in [-0.2, 0) is 0 Å². The molecule has 48 valence electrons. The summed E-state index contributed by atoms with van der Waals surface area (Å²) in [6.45, 7) is 2.23. The maximum Gasteiger partial charge on any atom is 0.00670 e. The Hall–Kier alpha value is -0.0400. The summed E-state index contributed by atoms with van der Waals surface area (Å²) >= 11 is 0. The number of nitrogens with two attached hydrogens (primary N) is 1. The van der Waals surface area contributed by atoms with E-state index in [2.05, 4.69) is 6.92 Å². The first kappa shape index (κ1) is 6.09. The fraction of sp³-hybridized carbons (Fsp3) is 1.00. The summed E-state index contributed by atoms with van der Waals surface area (Å²) in [7, 11) is 0. The summed E-state index contributed by atoms with van der Waals surface area (Å²) in [6, 6.07) is 0.528. The van der Waals surface area contributed by atoms with Crippen LogP contribution in [0.5, 0.6) is 0 Å².